The van der Waals surface area contributed by atoms with Gasteiger partial charge < -0.3 is 14.8 Å². The van der Waals surface area contributed by atoms with Crippen molar-refractivity contribution in [1.29, 1.82) is 0 Å². The molecule has 0 aliphatic heterocycles. The highest BCUT2D eigenvalue weighted by Crippen LogP contribution is 2.18. The normalized spacial score (nSPS) is 12.0. The molecule has 1 aromatic rings. The van der Waals surface area contributed by atoms with Gasteiger partial charge in [0.15, 0.2) is 11.6 Å². The van der Waals surface area contributed by atoms with Gasteiger partial charge in [-0.1, -0.05) is 0 Å². The van der Waals surface area contributed by atoms with Crippen molar-refractivity contribution >= 4 is 5.97 Å². The first kappa shape index (κ1) is 14.4. The maximum absolute atomic E-state index is 13.2. The molecule has 0 fully saturated rings. The van der Waals surface area contributed by atoms with Gasteiger partial charge >= 0.3 is 5.97 Å². The van der Waals surface area contributed by atoms with Crippen LogP contribution in [0.2, 0.25) is 0 Å². The molecule has 4 nitrogen and oxygen atoms in total. The fourth-order valence-corrected chi connectivity index (χ4v) is 1.40. The van der Waals surface area contributed by atoms with Gasteiger partial charge in [0.1, 0.15) is 11.9 Å². The molecule has 0 bridgehead atoms. The van der Waals surface area contributed by atoms with Crippen LogP contribution in [0.4, 0.5) is 8.78 Å². The van der Waals surface area contributed by atoms with Crippen LogP contribution in [0.1, 0.15) is 6.42 Å². The van der Waals surface area contributed by atoms with Gasteiger partial charge in [-0.3, -0.25) is 4.79 Å². The quantitative estimate of drug-likeness (QED) is 0.786. The van der Waals surface area contributed by atoms with E-state index in [1.54, 1.807) is 7.05 Å². The van der Waals surface area contributed by atoms with Gasteiger partial charge in [-0.25, -0.2) is 8.78 Å². The Kier molecular flexibility index (Phi) is 5.51. The second kappa shape index (κ2) is 6.90. The van der Waals surface area contributed by atoms with E-state index in [0.29, 0.717) is 6.42 Å². The van der Waals surface area contributed by atoms with Crippen LogP contribution in [0, 0.1) is 11.6 Å². The van der Waals surface area contributed by atoms with E-state index in [-0.39, 0.29) is 12.4 Å². The molecule has 0 radical (unpaired) electrons. The number of benzene rings is 1. The van der Waals surface area contributed by atoms with Crippen molar-refractivity contribution in [2.75, 3.05) is 20.8 Å². The Hall–Kier alpha value is -1.69. The Morgan fingerprint density at radius 1 is 1.44 bits per heavy atom. The highest BCUT2D eigenvalue weighted by molar-refractivity contribution is 5.75. The minimum Gasteiger partial charge on any atom is -0.490 e. The average molecular weight is 259 g/mol. The second-order valence-electron chi connectivity index (χ2n) is 3.58. The van der Waals surface area contributed by atoms with E-state index in [9.17, 15) is 13.6 Å². The zero-order valence-corrected chi connectivity index (χ0v) is 10.2. The van der Waals surface area contributed by atoms with E-state index >= 15 is 0 Å². The maximum atomic E-state index is 13.2. The molecule has 1 aromatic carbocycles. The number of likely N-dealkylation sites (N-methyl/N-ethyl adjacent to an activating group) is 1. The molecule has 0 heterocycles. The summed E-state index contributed by atoms with van der Waals surface area (Å²) in [6.45, 7) is 0.0704. The van der Waals surface area contributed by atoms with Crippen molar-refractivity contribution in [2.45, 2.75) is 12.5 Å². The lowest BCUT2D eigenvalue weighted by atomic mass is 10.2. The van der Waals surface area contributed by atoms with Gasteiger partial charge in [0, 0.05) is 12.5 Å². The number of ether oxygens (including phenoxy) is 2. The summed E-state index contributed by atoms with van der Waals surface area (Å²) in [4.78, 5) is 11.2. The number of carbonyl (C=O) groups excluding carboxylic acids is 1. The molecule has 1 atom stereocenters. The molecule has 1 unspecified atom stereocenters. The number of hydrogen-bond acceptors (Lipinski definition) is 4. The van der Waals surface area contributed by atoms with Crippen LogP contribution in [-0.2, 0) is 9.53 Å². The average Bonchev–Trinajstić information content (AvgIpc) is 2.37. The number of nitrogens with one attached hydrogen (secondary N) is 1. The third kappa shape index (κ3) is 3.96. The summed E-state index contributed by atoms with van der Waals surface area (Å²) in [6.07, 6.45) is 0.291. The van der Waals surface area contributed by atoms with E-state index < -0.39 is 23.6 Å². The molecule has 1 N–H and O–H groups in total. The summed E-state index contributed by atoms with van der Waals surface area (Å²) in [5, 5.41) is 2.74. The van der Waals surface area contributed by atoms with Crippen LogP contribution in [0.5, 0.6) is 5.75 Å². The Bertz CT molecular complexity index is 412. The van der Waals surface area contributed by atoms with E-state index in [4.69, 9.17) is 4.74 Å². The first-order valence-electron chi connectivity index (χ1n) is 5.41. The van der Waals surface area contributed by atoms with Crippen molar-refractivity contribution in [3.63, 3.8) is 0 Å². The Morgan fingerprint density at radius 2 is 2.17 bits per heavy atom. The third-order valence-corrected chi connectivity index (χ3v) is 2.39. The Labute approximate surface area is 104 Å². The van der Waals surface area contributed by atoms with Crippen LogP contribution in [0.15, 0.2) is 18.2 Å². The molecule has 0 saturated carbocycles. The first-order valence-corrected chi connectivity index (χ1v) is 5.41. The number of halogens is 2. The summed E-state index contributed by atoms with van der Waals surface area (Å²) < 4.78 is 35.7. The van der Waals surface area contributed by atoms with Gasteiger partial charge in [0.25, 0.3) is 0 Å². The second-order valence-corrected chi connectivity index (χ2v) is 3.58. The highest BCUT2D eigenvalue weighted by atomic mass is 19.1. The van der Waals surface area contributed by atoms with Crippen molar-refractivity contribution < 1.29 is 23.0 Å². The fraction of sp³-hybridized carbons (Fsp3) is 0.417. The summed E-state index contributed by atoms with van der Waals surface area (Å²) in [5.41, 5.74) is 0. The topological polar surface area (TPSA) is 47.6 Å². The van der Waals surface area contributed by atoms with Crippen molar-refractivity contribution in [3.8, 4) is 5.75 Å². The zero-order valence-electron chi connectivity index (χ0n) is 10.2. The number of methoxy groups -OCH3 is 1. The minimum atomic E-state index is -0.643. The molecule has 1 rings (SSSR count). The summed E-state index contributed by atoms with van der Waals surface area (Å²) >= 11 is 0. The maximum Gasteiger partial charge on any atom is 0.322 e. The Balaban J connectivity index is 2.50. The van der Waals surface area contributed by atoms with E-state index in [2.05, 4.69) is 10.1 Å². The van der Waals surface area contributed by atoms with Gasteiger partial charge in [-0.15, -0.1) is 0 Å². The Morgan fingerprint density at radius 3 is 2.78 bits per heavy atom. The molecular weight excluding hydrogens is 244 g/mol. The third-order valence-electron chi connectivity index (χ3n) is 2.39. The molecule has 18 heavy (non-hydrogen) atoms. The fourth-order valence-electron chi connectivity index (χ4n) is 1.40. The number of esters is 1. The van der Waals surface area contributed by atoms with Crippen molar-refractivity contribution in [1.82, 2.24) is 5.32 Å². The smallest absolute Gasteiger partial charge is 0.322 e. The zero-order chi connectivity index (χ0) is 13.5. The summed E-state index contributed by atoms with van der Waals surface area (Å²) in [5.74, 6) is -1.82. The molecule has 0 aliphatic rings. The predicted molar refractivity (Wildman–Crippen MR) is 61.3 cm³/mol. The van der Waals surface area contributed by atoms with Crippen LogP contribution < -0.4 is 10.1 Å². The summed E-state index contributed by atoms with van der Waals surface area (Å²) in [6, 6.07) is 2.42. The molecule has 100 valence electrons. The highest BCUT2D eigenvalue weighted by Gasteiger charge is 2.16. The molecule has 0 aliphatic carbocycles. The molecule has 0 amide bonds. The lowest BCUT2D eigenvalue weighted by molar-refractivity contribution is -0.143. The van der Waals surface area contributed by atoms with Crippen LogP contribution in [-0.4, -0.2) is 32.8 Å². The van der Waals surface area contributed by atoms with Gasteiger partial charge in [0.2, 0.25) is 0 Å². The van der Waals surface area contributed by atoms with Crippen LogP contribution in [0.3, 0.4) is 0 Å². The lowest BCUT2D eigenvalue weighted by Crippen LogP contribution is -2.36. The SMILES string of the molecule is CNC(CCOc1cc(F)ccc1F)C(=O)OC. The van der Waals surface area contributed by atoms with Crippen LogP contribution in [0.25, 0.3) is 0 Å². The van der Waals surface area contributed by atoms with Crippen LogP contribution >= 0.6 is 0 Å². The number of rotatable bonds is 6. The molecule has 0 aromatic heterocycles. The van der Waals surface area contributed by atoms with Crippen molar-refractivity contribution in [3.05, 3.63) is 29.8 Å². The van der Waals surface area contributed by atoms with Gasteiger partial charge in [0.05, 0.1) is 13.7 Å². The van der Waals surface area contributed by atoms with E-state index in [1.165, 1.54) is 7.11 Å². The molecule has 0 saturated heterocycles. The van der Waals surface area contributed by atoms with Gasteiger partial charge in [-0.2, -0.15) is 0 Å². The summed E-state index contributed by atoms with van der Waals surface area (Å²) in [7, 11) is 2.88. The number of hydrogen-bond donors (Lipinski definition) is 1. The molecule has 0 spiro atoms. The predicted octanol–water partition coefficient (Wildman–Crippen LogP) is 1.49. The monoisotopic (exact) mass is 259 g/mol. The minimum absolute atomic E-state index is 0.0704. The lowest BCUT2D eigenvalue weighted by Gasteiger charge is -2.14. The van der Waals surface area contributed by atoms with Crippen molar-refractivity contribution in [2.24, 2.45) is 0 Å². The largest absolute Gasteiger partial charge is 0.490 e. The van der Waals surface area contributed by atoms with Gasteiger partial charge in [-0.05, 0) is 19.2 Å². The molecule has 6 heteroatoms. The molecular formula is C12H15F2NO3. The number of carbonyl (C=O) groups is 1. The standard InChI is InChI=1S/C12H15F2NO3/c1-15-10(12(16)17-2)5-6-18-11-7-8(13)3-4-9(11)14/h3-4,7,10,15H,5-6H2,1-2H3. The van der Waals surface area contributed by atoms with E-state index in [0.717, 1.165) is 18.2 Å². The first-order chi connectivity index (χ1) is 8.58. The van der Waals surface area contributed by atoms with E-state index in [1.807, 2.05) is 0 Å².